The molecule has 1 heterocycles. The van der Waals surface area contributed by atoms with Crippen molar-refractivity contribution in [3.63, 3.8) is 0 Å². The van der Waals surface area contributed by atoms with Crippen molar-refractivity contribution in [3.8, 4) is 0 Å². The minimum atomic E-state index is -4.89. The molecule has 0 aliphatic heterocycles. The molecule has 0 aliphatic carbocycles. The van der Waals surface area contributed by atoms with Crippen LogP contribution in [0.5, 0.6) is 0 Å². The molecule has 6 nitrogen and oxygen atoms in total. The Balaban J connectivity index is 2.30. The number of aromatic amines is 1. The smallest absolute Gasteiger partial charge is 0.333 e. The van der Waals surface area contributed by atoms with Gasteiger partial charge < -0.3 is 15.0 Å². The van der Waals surface area contributed by atoms with Crippen LogP contribution >= 0.6 is 0 Å². The predicted molar refractivity (Wildman–Crippen MR) is 91.2 cm³/mol. The van der Waals surface area contributed by atoms with Crippen LogP contribution in [0.2, 0.25) is 0 Å². The number of rotatable bonds is 7. The molecule has 1 unspecified atom stereocenters. The lowest BCUT2D eigenvalue weighted by Gasteiger charge is -2.31. The van der Waals surface area contributed by atoms with Gasteiger partial charge in [-0.1, -0.05) is 37.3 Å². The topological polar surface area (TPSA) is 90.5 Å². The van der Waals surface area contributed by atoms with E-state index in [1.54, 1.807) is 13.8 Å². The van der Waals surface area contributed by atoms with Gasteiger partial charge in [-0.2, -0.15) is 8.42 Å². The summed E-state index contributed by atoms with van der Waals surface area (Å²) in [5.41, 5.74) is -0.307. The number of H-pyrrole nitrogens is 1. The van der Waals surface area contributed by atoms with Crippen molar-refractivity contribution < 1.29 is 22.2 Å². The van der Waals surface area contributed by atoms with E-state index in [2.05, 4.69) is 4.98 Å². The van der Waals surface area contributed by atoms with E-state index >= 15 is 0 Å². The maximum atomic E-state index is 13.1. The Bertz CT molecular complexity index is 831. The molecule has 2 aromatic rings. The lowest BCUT2D eigenvalue weighted by atomic mass is 10.0. The molecule has 8 heteroatoms. The number of carbonyl (C=O) groups is 1. The zero-order valence-electron chi connectivity index (χ0n) is 14.1. The second kappa shape index (κ2) is 7.37. The Kier molecular flexibility index (Phi) is 5.64. The minimum Gasteiger partial charge on any atom is -0.388 e. The molecule has 0 fully saturated rings. The van der Waals surface area contributed by atoms with Crippen molar-refractivity contribution in [2.45, 2.75) is 37.3 Å². The van der Waals surface area contributed by atoms with Crippen LogP contribution in [-0.2, 0) is 16.8 Å². The fraction of sp³-hybridized carbons (Fsp3) is 0.353. The highest BCUT2D eigenvalue weighted by molar-refractivity contribution is 7.86. The lowest BCUT2D eigenvalue weighted by molar-refractivity contribution is 0.0133. The summed E-state index contributed by atoms with van der Waals surface area (Å²) < 4.78 is 35.0. The van der Waals surface area contributed by atoms with Crippen LogP contribution in [0.1, 0.15) is 36.3 Å². The predicted octanol–water partition coefficient (Wildman–Crippen LogP) is 2.48. The molecule has 1 atom stereocenters. The molecule has 0 radical (unpaired) electrons. The van der Waals surface area contributed by atoms with E-state index in [1.807, 2.05) is 30.3 Å². The van der Waals surface area contributed by atoms with Crippen LogP contribution in [0.25, 0.3) is 0 Å². The van der Waals surface area contributed by atoms with Crippen LogP contribution in [0.3, 0.4) is 0 Å². The number of aromatic nitrogens is 1. The van der Waals surface area contributed by atoms with Crippen molar-refractivity contribution in [2.75, 3.05) is 6.54 Å². The molecular weight excluding hydrogens is 347 g/mol. The molecule has 2 N–H and O–H groups in total. The molecule has 1 aromatic heterocycles. The van der Waals surface area contributed by atoms with E-state index in [-0.39, 0.29) is 18.8 Å². The highest BCUT2D eigenvalue weighted by atomic mass is 32.3. The number of nitrogens with one attached hydrogen (secondary N) is 1. The highest BCUT2D eigenvalue weighted by Crippen LogP contribution is 2.19. The number of amides is 1. The molecule has 1 aromatic carbocycles. The summed E-state index contributed by atoms with van der Waals surface area (Å²) >= 11 is 0. The van der Waals surface area contributed by atoms with E-state index in [9.17, 15) is 22.2 Å². The van der Waals surface area contributed by atoms with Gasteiger partial charge in [-0.05, 0) is 25.0 Å². The van der Waals surface area contributed by atoms with Gasteiger partial charge in [0.2, 0.25) is 0 Å². The zero-order chi connectivity index (χ0) is 18.7. The van der Waals surface area contributed by atoms with Gasteiger partial charge in [-0.15, -0.1) is 3.89 Å². The Morgan fingerprint density at radius 1 is 1.32 bits per heavy atom. The quantitative estimate of drug-likeness (QED) is 0.735. The van der Waals surface area contributed by atoms with Gasteiger partial charge in [0.05, 0.1) is 5.60 Å². The first-order chi connectivity index (χ1) is 11.6. The number of nitrogens with zero attached hydrogens (tertiary/aromatic N) is 1. The summed E-state index contributed by atoms with van der Waals surface area (Å²) in [6, 6.07) is 10.1. The number of carbonyl (C=O) groups excluding carboxylic acids is 1. The average molecular weight is 368 g/mol. The van der Waals surface area contributed by atoms with Crippen molar-refractivity contribution >= 4 is 16.1 Å². The molecule has 0 aliphatic rings. The van der Waals surface area contributed by atoms with E-state index in [4.69, 9.17) is 0 Å². The number of aliphatic hydroxyl groups is 1. The number of hydrogen-bond acceptors (Lipinski definition) is 4. The van der Waals surface area contributed by atoms with Crippen molar-refractivity contribution in [2.24, 2.45) is 0 Å². The van der Waals surface area contributed by atoms with Crippen molar-refractivity contribution in [3.05, 3.63) is 53.9 Å². The second-order valence-corrected chi connectivity index (χ2v) is 7.53. The largest absolute Gasteiger partial charge is 0.388 e. The maximum Gasteiger partial charge on any atom is 0.333 e. The van der Waals surface area contributed by atoms with Crippen LogP contribution in [0, 0.1) is 0 Å². The van der Waals surface area contributed by atoms with Crippen LogP contribution in [0.15, 0.2) is 47.5 Å². The van der Waals surface area contributed by atoms with Gasteiger partial charge in [-0.3, -0.25) is 4.79 Å². The molecule has 0 spiro atoms. The number of halogens is 1. The van der Waals surface area contributed by atoms with Crippen LogP contribution in [0.4, 0.5) is 3.89 Å². The van der Waals surface area contributed by atoms with E-state index in [0.29, 0.717) is 6.42 Å². The van der Waals surface area contributed by atoms with Gasteiger partial charge in [-0.25, -0.2) is 0 Å². The van der Waals surface area contributed by atoms with Gasteiger partial charge in [0.15, 0.2) is 0 Å². The monoisotopic (exact) mass is 368 g/mol. The van der Waals surface area contributed by atoms with Crippen LogP contribution in [-0.4, -0.2) is 41.5 Å². The summed E-state index contributed by atoms with van der Waals surface area (Å²) in [5, 5.41) is 10.3. The minimum absolute atomic E-state index is 0.0496. The molecule has 25 heavy (non-hydrogen) atoms. The normalized spacial score (nSPS) is 14.1. The SMILES string of the molecule is CCC(C)(O)CN(Cc1ccccc1)C(=O)c1cc(S(=O)(=O)F)c[nH]1. The molecule has 1 amide bonds. The lowest BCUT2D eigenvalue weighted by Crippen LogP contribution is -2.43. The van der Waals surface area contributed by atoms with Crippen molar-refractivity contribution in [1.29, 1.82) is 0 Å². The number of benzene rings is 1. The molecule has 136 valence electrons. The van der Waals surface area contributed by atoms with Crippen molar-refractivity contribution in [1.82, 2.24) is 9.88 Å². The third-order valence-electron chi connectivity index (χ3n) is 3.97. The maximum absolute atomic E-state index is 13.1. The second-order valence-electron chi connectivity index (χ2n) is 6.18. The molecule has 2 rings (SSSR count). The van der Waals surface area contributed by atoms with Gasteiger partial charge in [0.25, 0.3) is 5.91 Å². The third kappa shape index (κ3) is 5.14. The first-order valence-electron chi connectivity index (χ1n) is 7.81. The average Bonchev–Trinajstić information content (AvgIpc) is 3.04. The van der Waals surface area contributed by atoms with E-state index < -0.39 is 26.6 Å². The fourth-order valence-corrected chi connectivity index (χ4v) is 2.79. The first-order valence-corrected chi connectivity index (χ1v) is 9.19. The number of hydrogen-bond donors (Lipinski definition) is 2. The summed E-state index contributed by atoms with van der Waals surface area (Å²) in [5.74, 6) is -0.521. The summed E-state index contributed by atoms with van der Waals surface area (Å²) in [7, 11) is -4.89. The first kappa shape index (κ1) is 19.1. The van der Waals surface area contributed by atoms with Crippen LogP contribution < -0.4 is 0 Å². The fourth-order valence-electron chi connectivity index (χ4n) is 2.34. The zero-order valence-corrected chi connectivity index (χ0v) is 14.9. The van der Waals surface area contributed by atoms with Gasteiger partial charge >= 0.3 is 10.2 Å². The molecular formula is C17H21FN2O4S. The Labute approximate surface area is 146 Å². The molecule has 0 saturated heterocycles. The van der Waals surface area contributed by atoms with E-state index in [0.717, 1.165) is 17.8 Å². The summed E-state index contributed by atoms with van der Waals surface area (Å²) in [6.45, 7) is 3.69. The third-order valence-corrected chi connectivity index (χ3v) is 4.76. The Morgan fingerprint density at radius 3 is 2.48 bits per heavy atom. The molecule has 0 bridgehead atoms. The molecule has 0 saturated carbocycles. The summed E-state index contributed by atoms with van der Waals surface area (Å²) in [4.78, 5) is 16.0. The van der Waals surface area contributed by atoms with Gasteiger partial charge in [0.1, 0.15) is 10.6 Å². The summed E-state index contributed by atoms with van der Waals surface area (Å²) in [6.07, 6.45) is 1.36. The van der Waals surface area contributed by atoms with Gasteiger partial charge in [0, 0.05) is 19.3 Å². The highest BCUT2D eigenvalue weighted by Gasteiger charge is 2.27. The standard InChI is InChI=1S/C17H21FN2O4S/c1-3-17(2,22)12-20(11-13-7-5-4-6-8-13)16(21)15-9-14(10-19-15)25(18,23)24/h4-10,19,22H,3,11-12H2,1-2H3. The Morgan fingerprint density at radius 2 is 1.96 bits per heavy atom. The Hall–Kier alpha value is -2.19. The van der Waals surface area contributed by atoms with E-state index in [1.165, 1.54) is 4.90 Å².